The topological polar surface area (TPSA) is 71.8 Å². The van der Waals surface area contributed by atoms with E-state index in [2.05, 4.69) is 9.72 Å². The number of ether oxygens (including phenoxy) is 4. The summed E-state index contributed by atoms with van der Waals surface area (Å²) in [6.45, 7) is 0.0846. The van der Waals surface area contributed by atoms with Gasteiger partial charge in [-0.15, -0.1) is 0 Å². The van der Waals surface area contributed by atoms with Gasteiger partial charge in [-0.25, -0.2) is 14.2 Å². The van der Waals surface area contributed by atoms with Crippen molar-refractivity contribution in [2.45, 2.75) is 6.61 Å². The quantitative estimate of drug-likeness (QED) is 0.385. The van der Waals surface area contributed by atoms with Crippen molar-refractivity contribution in [3.63, 3.8) is 0 Å². The lowest BCUT2D eigenvalue weighted by Gasteiger charge is -2.09. The maximum absolute atomic E-state index is 13.8. The number of fused-ring (bicyclic) bond motifs is 1. The lowest BCUT2D eigenvalue weighted by atomic mass is 10.2. The van der Waals surface area contributed by atoms with Crippen molar-refractivity contribution >= 4 is 17.0 Å². The molecule has 0 saturated carbocycles. The maximum Gasteiger partial charge on any atom is 0.338 e. The van der Waals surface area contributed by atoms with Crippen LogP contribution in [-0.4, -0.2) is 29.7 Å². The minimum absolute atomic E-state index is 0.0758. The number of carbonyl (C=O) groups excluding carboxylic acids is 1. The monoisotopic (exact) mass is 436 g/mol. The molecule has 0 unspecified atom stereocenters. The number of aromatic nitrogens is 2. The van der Waals surface area contributed by atoms with Crippen LogP contribution in [0, 0.1) is 5.82 Å². The smallest absolute Gasteiger partial charge is 0.338 e. The van der Waals surface area contributed by atoms with Gasteiger partial charge in [-0.1, -0.05) is 6.07 Å². The number of esters is 1. The van der Waals surface area contributed by atoms with Crippen LogP contribution in [0.1, 0.15) is 16.2 Å². The van der Waals surface area contributed by atoms with Crippen molar-refractivity contribution in [2.24, 2.45) is 7.05 Å². The molecule has 4 rings (SSSR count). The Morgan fingerprint density at radius 1 is 0.969 bits per heavy atom. The molecule has 8 heteroatoms. The van der Waals surface area contributed by atoms with Crippen LogP contribution in [0.4, 0.5) is 4.39 Å². The predicted molar refractivity (Wildman–Crippen MR) is 116 cm³/mol. The fraction of sp³-hybridized carbons (Fsp3) is 0.167. The molecule has 0 bridgehead atoms. The fourth-order valence-electron chi connectivity index (χ4n) is 3.24. The number of rotatable bonds is 7. The first-order valence-electron chi connectivity index (χ1n) is 9.76. The van der Waals surface area contributed by atoms with E-state index in [0.29, 0.717) is 23.1 Å². The summed E-state index contributed by atoms with van der Waals surface area (Å²) in [5.74, 6) is 1.61. The number of imidazole rings is 1. The number of hydrogen-bond donors (Lipinski definition) is 0. The zero-order valence-corrected chi connectivity index (χ0v) is 17.8. The molecule has 0 aliphatic rings. The van der Waals surface area contributed by atoms with E-state index in [-0.39, 0.29) is 17.9 Å². The Hall–Kier alpha value is -4.07. The molecule has 0 N–H and O–H groups in total. The average molecular weight is 436 g/mol. The molecule has 0 radical (unpaired) electrons. The minimum Gasteiger partial charge on any atom is -0.497 e. The van der Waals surface area contributed by atoms with Gasteiger partial charge >= 0.3 is 5.97 Å². The van der Waals surface area contributed by atoms with E-state index in [9.17, 15) is 9.18 Å². The second-order valence-corrected chi connectivity index (χ2v) is 6.97. The number of halogens is 1. The van der Waals surface area contributed by atoms with Gasteiger partial charge in [0.15, 0.2) is 0 Å². The highest BCUT2D eigenvalue weighted by Gasteiger charge is 2.13. The summed E-state index contributed by atoms with van der Waals surface area (Å²) in [6, 6.07) is 16.6. The SMILES string of the molecule is COC(=O)c1cc(F)cc(OCc2nc3ccc(Oc4cccc(OC)c4)cc3n2C)c1. The number of benzene rings is 3. The highest BCUT2D eigenvalue weighted by molar-refractivity contribution is 5.89. The molecule has 164 valence electrons. The van der Waals surface area contributed by atoms with E-state index >= 15 is 0 Å². The first-order chi connectivity index (χ1) is 15.5. The second-order valence-electron chi connectivity index (χ2n) is 6.97. The van der Waals surface area contributed by atoms with Crippen LogP contribution in [0.5, 0.6) is 23.0 Å². The molecule has 0 aliphatic heterocycles. The fourth-order valence-corrected chi connectivity index (χ4v) is 3.24. The molecule has 1 aromatic heterocycles. The normalized spacial score (nSPS) is 10.8. The highest BCUT2D eigenvalue weighted by atomic mass is 19.1. The molecule has 1 heterocycles. The summed E-state index contributed by atoms with van der Waals surface area (Å²) >= 11 is 0. The van der Waals surface area contributed by atoms with Crippen LogP contribution in [0.15, 0.2) is 60.7 Å². The molecule has 0 atom stereocenters. The van der Waals surface area contributed by atoms with E-state index in [1.807, 2.05) is 48.0 Å². The molecule has 4 aromatic rings. The molecule has 3 aromatic carbocycles. The molecular formula is C24H21FN2O5. The van der Waals surface area contributed by atoms with Crippen LogP contribution in [-0.2, 0) is 18.4 Å². The molecule has 32 heavy (non-hydrogen) atoms. The number of aryl methyl sites for hydroxylation is 1. The van der Waals surface area contributed by atoms with Gasteiger partial charge in [-0.2, -0.15) is 0 Å². The first-order valence-corrected chi connectivity index (χ1v) is 9.76. The van der Waals surface area contributed by atoms with Gasteiger partial charge < -0.3 is 23.5 Å². The number of methoxy groups -OCH3 is 2. The number of hydrogen-bond acceptors (Lipinski definition) is 6. The van der Waals surface area contributed by atoms with E-state index < -0.39 is 11.8 Å². The predicted octanol–water partition coefficient (Wildman–Crippen LogP) is 4.88. The summed E-state index contributed by atoms with van der Waals surface area (Å²) < 4.78 is 37.2. The van der Waals surface area contributed by atoms with Crippen molar-refractivity contribution in [2.75, 3.05) is 14.2 Å². The largest absolute Gasteiger partial charge is 0.497 e. The zero-order chi connectivity index (χ0) is 22.7. The number of carbonyl (C=O) groups is 1. The van der Waals surface area contributed by atoms with Crippen molar-refractivity contribution < 1.29 is 28.1 Å². The molecule has 0 spiro atoms. The molecule has 0 aliphatic carbocycles. The van der Waals surface area contributed by atoms with Crippen LogP contribution < -0.4 is 14.2 Å². The summed E-state index contributed by atoms with van der Waals surface area (Å²) in [5.41, 5.74) is 1.68. The van der Waals surface area contributed by atoms with E-state index in [1.54, 1.807) is 13.2 Å². The Kier molecular flexibility index (Phi) is 5.93. The third-order valence-electron chi connectivity index (χ3n) is 4.88. The Morgan fingerprint density at radius 3 is 2.53 bits per heavy atom. The van der Waals surface area contributed by atoms with Gasteiger partial charge in [0.25, 0.3) is 0 Å². The third-order valence-corrected chi connectivity index (χ3v) is 4.88. The lowest BCUT2D eigenvalue weighted by Crippen LogP contribution is -2.06. The number of nitrogens with zero attached hydrogens (tertiary/aromatic N) is 2. The van der Waals surface area contributed by atoms with Gasteiger partial charge in [-0.05, 0) is 36.4 Å². The Labute approximate surface area is 183 Å². The van der Waals surface area contributed by atoms with Crippen molar-refractivity contribution in [1.82, 2.24) is 9.55 Å². The standard InChI is InChI=1S/C24H21FN2O5/c1-27-22-13-19(32-18-6-4-5-17(12-18)29-2)7-8-21(22)26-23(27)14-31-20-10-15(24(28)30-3)9-16(25)11-20/h4-13H,14H2,1-3H3. The molecule has 0 saturated heterocycles. The van der Waals surface area contributed by atoms with Gasteiger partial charge in [0.05, 0.1) is 30.8 Å². The molecule has 7 nitrogen and oxygen atoms in total. The molecule has 0 amide bonds. The second kappa shape index (κ2) is 8.97. The van der Waals surface area contributed by atoms with E-state index in [0.717, 1.165) is 17.1 Å². The molecular weight excluding hydrogens is 415 g/mol. The maximum atomic E-state index is 13.8. The summed E-state index contributed by atoms with van der Waals surface area (Å²) in [5, 5.41) is 0. The summed E-state index contributed by atoms with van der Waals surface area (Å²) in [7, 11) is 4.69. The van der Waals surface area contributed by atoms with E-state index in [4.69, 9.17) is 14.2 Å². The van der Waals surface area contributed by atoms with Crippen molar-refractivity contribution in [1.29, 1.82) is 0 Å². The average Bonchev–Trinajstić information content (AvgIpc) is 3.12. The summed E-state index contributed by atoms with van der Waals surface area (Å²) in [6.07, 6.45) is 0. The summed E-state index contributed by atoms with van der Waals surface area (Å²) in [4.78, 5) is 16.3. The third kappa shape index (κ3) is 4.49. The van der Waals surface area contributed by atoms with Gasteiger partial charge in [0.2, 0.25) is 0 Å². The zero-order valence-electron chi connectivity index (χ0n) is 17.8. The van der Waals surface area contributed by atoms with Crippen LogP contribution in [0.25, 0.3) is 11.0 Å². The minimum atomic E-state index is -0.638. The Morgan fingerprint density at radius 2 is 1.75 bits per heavy atom. The van der Waals surface area contributed by atoms with Crippen LogP contribution in [0.3, 0.4) is 0 Å². The first kappa shape index (κ1) is 21.2. The van der Waals surface area contributed by atoms with Crippen molar-refractivity contribution in [3.8, 4) is 23.0 Å². The lowest BCUT2D eigenvalue weighted by molar-refractivity contribution is 0.0599. The van der Waals surface area contributed by atoms with E-state index in [1.165, 1.54) is 19.2 Å². The highest BCUT2D eigenvalue weighted by Crippen LogP contribution is 2.28. The Balaban J connectivity index is 1.54. The Bertz CT molecular complexity index is 1280. The van der Waals surface area contributed by atoms with Crippen molar-refractivity contribution in [3.05, 3.63) is 77.9 Å². The van der Waals surface area contributed by atoms with Gasteiger partial charge in [-0.3, -0.25) is 0 Å². The van der Waals surface area contributed by atoms with Gasteiger partial charge in [0.1, 0.15) is 41.2 Å². The van der Waals surface area contributed by atoms with Gasteiger partial charge in [0, 0.05) is 25.2 Å². The van der Waals surface area contributed by atoms with Crippen LogP contribution >= 0.6 is 0 Å². The van der Waals surface area contributed by atoms with Crippen LogP contribution in [0.2, 0.25) is 0 Å². The molecule has 0 fully saturated rings.